The van der Waals surface area contributed by atoms with Crippen LogP contribution in [0.5, 0.6) is 0 Å². The van der Waals surface area contributed by atoms with Crippen molar-refractivity contribution in [1.82, 2.24) is 5.32 Å². The lowest BCUT2D eigenvalue weighted by Gasteiger charge is -2.43. The average molecular weight is 866 g/mol. The van der Waals surface area contributed by atoms with E-state index < -0.39 is 81.5 Å². The molecule has 0 aliphatic carbocycles. The summed E-state index contributed by atoms with van der Waals surface area (Å²) < 4.78 is 33.9. The monoisotopic (exact) mass is 866 g/mol. The van der Waals surface area contributed by atoms with Gasteiger partial charge in [0, 0.05) is 6.42 Å². The maximum Gasteiger partial charge on any atom is 0.470 e. The van der Waals surface area contributed by atoms with Crippen LogP contribution in [0.4, 0.5) is 0 Å². The largest absolute Gasteiger partial charge is 0.470 e. The van der Waals surface area contributed by atoms with E-state index in [0.717, 1.165) is 77.0 Å². The van der Waals surface area contributed by atoms with Crippen molar-refractivity contribution < 1.29 is 62.8 Å². The van der Waals surface area contributed by atoms with Crippen molar-refractivity contribution in [3.63, 3.8) is 0 Å². The van der Waals surface area contributed by atoms with Gasteiger partial charge in [0.15, 0.2) is 12.4 Å². The van der Waals surface area contributed by atoms with E-state index in [1.165, 1.54) is 70.6 Å². The second kappa shape index (κ2) is 34.9. The molecule has 1 fully saturated rings. The zero-order valence-corrected chi connectivity index (χ0v) is 37.8. The number of ether oxygens (including phenoxy) is 3. The molecule has 7 atom stereocenters. The first-order valence-electron chi connectivity index (χ1n) is 23.4. The van der Waals surface area contributed by atoms with Gasteiger partial charge in [0.2, 0.25) is 5.91 Å². The predicted molar refractivity (Wildman–Crippen MR) is 228 cm³/mol. The molecule has 0 radical (unpaired) electrons. The fourth-order valence-electron chi connectivity index (χ4n) is 7.64. The molecule has 0 aromatic heterocycles. The van der Waals surface area contributed by atoms with Crippen LogP contribution in [-0.2, 0) is 37.7 Å². The van der Waals surface area contributed by atoms with Crippen LogP contribution in [0.1, 0.15) is 213 Å². The van der Waals surface area contributed by atoms with Crippen molar-refractivity contribution in [2.75, 3.05) is 6.61 Å². The molecule has 1 amide bonds. The topological polar surface area (TPSA) is 218 Å². The molecule has 0 aromatic rings. The maximum absolute atomic E-state index is 13.6. The van der Waals surface area contributed by atoms with Crippen molar-refractivity contribution in [1.29, 1.82) is 0 Å². The lowest BCUT2D eigenvalue weighted by Crippen LogP contribution is -2.65. The highest BCUT2D eigenvalue weighted by atomic mass is 31.2. The van der Waals surface area contributed by atoms with E-state index in [-0.39, 0.29) is 12.8 Å². The van der Waals surface area contributed by atoms with Crippen LogP contribution in [0.3, 0.4) is 0 Å². The quantitative estimate of drug-likeness (QED) is 0.0195. The first-order valence-corrected chi connectivity index (χ1v) is 24.9. The zero-order valence-electron chi connectivity index (χ0n) is 36.9. The normalized spacial score (nSPS) is 20.6. The van der Waals surface area contributed by atoms with E-state index in [9.17, 15) is 44.1 Å². The first-order chi connectivity index (χ1) is 28.3. The summed E-state index contributed by atoms with van der Waals surface area (Å²) in [6, 6.07) is -1.58. The number of carbonyl (C=O) groups excluding carboxylic acids is 3. The molecule has 1 heterocycles. The third-order valence-electron chi connectivity index (χ3n) is 11.1. The molecule has 6 N–H and O–H groups in total. The van der Waals surface area contributed by atoms with Gasteiger partial charge in [0.1, 0.15) is 24.4 Å². The molecular weight excluding hydrogens is 781 g/mol. The van der Waals surface area contributed by atoms with E-state index in [1.807, 2.05) is 0 Å². The fourth-order valence-corrected chi connectivity index (χ4v) is 8.21. The van der Waals surface area contributed by atoms with Crippen molar-refractivity contribution >= 4 is 25.7 Å². The number of hydrogen-bond acceptors (Lipinski definition) is 11. The molecule has 1 aliphatic heterocycles. The molecule has 59 heavy (non-hydrogen) atoms. The maximum atomic E-state index is 13.6. The molecule has 0 saturated carbocycles. The highest BCUT2D eigenvalue weighted by molar-refractivity contribution is 7.46. The minimum Gasteiger partial charge on any atom is -0.462 e. The van der Waals surface area contributed by atoms with Gasteiger partial charge in [-0.15, -0.1) is 0 Å². The van der Waals surface area contributed by atoms with Crippen molar-refractivity contribution in [2.24, 2.45) is 0 Å². The number of unbranched alkanes of at least 4 members (excludes halogenated alkanes) is 22. The minimum absolute atomic E-state index is 0.207. The number of esters is 2. The zero-order chi connectivity index (χ0) is 43.7. The van der Waals surface area contributed by atoms with Crippen LogP contribution in [0.25, 0.3) is 0 Å². The molecule has 1 rings (SSSR count). The number of nitrogens with one attached hydrogen (secondary N) is 1. The minimum atomic E-state index is -5.28. The van der Waals surface area contributed by atoms with Crippen LogP contribution in [0.15, 0.2) is 0 Å². The van der Waals surface area contributed by atoms with Crippen LogP contribution < -0.4 is 5.32 Å². The SMILES string of the molecule is CCCCCCCCCCC[C@@H](O)CC(=O)N[C@@H]1[C@@H](OC(=O)C[C@@H](CCCCCCCCCCC)OC(=O)CCCCCCCCC)[C@H](OP(=O)(O)O)[C@@H](CO)O[C@H]1O. The number of rotatable bonds is 38. The Bertz CT molecular complexity index is 1120. The molecule has 0 bridgehead atoms. The lowest BCUT2D eigenvalue weighted by molar-refractivity contribution is -0.256. The Balaban J connectivity index is 2.98. The molecule has 348 valence electrons. The number of aliphatic hydroxyl groups excluding tert-OH is 3. The summed E-state index contributed by atoms with van der Waals surface area (Å²) in [7, 11) is -5.28. The third-order valence-corrected chi connectivity index (χ3v) is 11.6. The van der Waals surface area contributed by atoms with Crippen LogP contribution >= 0.6 is 7.82 Å². The van der Waals surface area contributed by atoms with E-state index in [2.05, 4.69) is 26.1 Å². The van der Waals surface area contributed by atoms with Crippen molar-refractivity contribution in [3.8, 4) is 0 Å². The van der Waals surface area contributed by atoms with Crippen LogP contribution in [0, 0.1) is 0 Å². The molecule has 14 nitrogen and oxygen atoms in total. The predicted octanol–water partition coefficient (Wildman–Crippen LogP) is 8.61. The average Bonchev–Trinajstić information content (AvgIpc) is 3.17. The molecule has 1 aliphatic rings. The van der Waals surface area contributed by atoms with E-state index in [0.29, 0.717) is 25.7 Å². The number of amides is 1. The number of phosphoric acid groups is 1. The Morgan fingerprint density at radius 1 is 0.644 bits per heavy atom. The second-order valence-corrected chi connectivity index (χ2v) is 17.8. The van der Waals surface area contributed by atoms with Gasteiger partial charge in [0.25, 0.3) is 0 Å². The Labute approximate surface area is 355 Å². The summed E-state index contributed by atoms with van der Waals surface area (Å²) in [5.74, 6) is -2.07. The van der Waals surface area contributed by atoms with E-state index in [1.54, 1.807) is 0 Å². The Morgan fingerprint density at radius 3 is 1.58 bits per heavy atom. The Kier molecular flexibility index (Phi) is 32.7. The summed E-state index contributed by atoms with van der Waals surface area (Å²) in [5, 5.41) is 34.1. The standard InChI is InChI=1S/C44H84NO13P/c1-4-7-10-13-16-18-21-23-26-29-35(47)32-38(48)45-41-43(42(58-59(52,53)54)37(34-46)56-44(41)51)57-40(50)33-36(30-27-24-22-19-17-14-11-8-5-2)55-39(49)31-28-25-20-15-12-9-6-3/h35-37,41-44,46-47,51H,4-34H2,1-3H3,(H,45,48)(H2,52,53,54)/t35-,36-,37-,41-,42-,43-,44-/m1/s1. The van der Waals surface area contributed by atoms with Gasteiger partial charge < -0.3 is 44.6 Å². The van der Waals surface area contributed by atoms with E-state index >= 15 is 0 Å². The lowest BCUT2D eigenvalue weighted by atomic mass is 9.96. The van der Waals surface area contributed by atoms with Gasteiger partial charge in [-0.3, -0.25) is 18.9 Å². The second-order valence-electron chi connectivity index (χ2n) is 16.6. The first kappa shape index (κ1) is 55.4. The molecule has 1 saturated heterocycles. The van der Waals surface area contributed by atoms with Gasteiger partial charge in [0.05, 0.1) is 25.6 Å². The van der Waals surface area contributed by atoms with Gasteiger partial charge in [-0.25, -0.2) is 4.57 Å². The summed E-state index contributed by atoms with van der Waals surface area (Å²) >= 11 is 0. The number of carbonyl (C=O) groups is 3. The Hall–Kier alpha value is -1.64. The highest BCUT2D eigenvalue weighted by Gasteiger charge is 2.51. The van der Waals surface area contributed by atoms with Gasteiger partial charge in [-0.2, -0.15) is 0 Å². The van der Waals surface area contributed by atoms with Gasteiger partial charge in [-0.05, 0) is 25.7 Å². The van der Waals surface area contributed by atoms with Crippen molar-refractivity contribution in [2.45, 2.75) is 256 Å². The molecular formula is C44H84NO13P. The van der Waals surface area contributed by atoms with Crippen LogP contribution in [0.2, 0.25) is 0 Å². The smallest absolute Gasteiger partial charge is 0.462 e. The number of hydrogen-bond donors (Lipinski definition) is 6. The number of aliphatic hydroxyl groups is 3. The summed E-state index contributed by atoms with van der Waals surface area (Å²) in [4.78, 5) is 59.2. The van der Waals surface area contributed by atoms with E-state index in [4.69, 9.17) is 18.7 Å². The molecule has 15 heteroatoms. The Morgan fingerprint density at radius 2 is 1.10 bits per heavy atom. The van der Waals surface area contributed by atoms with Gasteiger partial charge >= 0.3 is 19.8 Å². The van der Waals surface area contributed by atoms with Crippen LogP contribution in [-0.4, -0.2) is 92.4 Å². The highest BCUT2D eigenvalue weighted by Crippen LogP contribution is 2.42. The molecule has 0 spiro atoms. The molecule has 0 aromatic carbocycles. The summed E-state index contributed by atoms with van der Waals surface area (Å²) in [5.41, 5.74) is 0. The third kappa shape index (κ3) is 28.6. The summed E-state index contributed by atoms with van der Waals surface area (Å²) in [6.45, 7) is 5.66. The fraction of sp³-hybridized carbons (Fsp3) is 0.932. The van der Waals surface area contributed by atoms with Crippen molar-refractivity contribution in [3.05, 3.63) is 0 Å². The molecule has 0 unspecified atom stereocenters. The van der Waals surface area contributed by atoms with Gasteiger partial charge in [-0.1, -0.05) is 168 Å². The summed E-state index contributed by atoms with van der Waals surface area (Å²) in [6.07, 6.45) is 18.2. The number of phosphoric ester groups is 1.